The zero-order valence-electron chi connectivity index (χ0n) is 10.4. The van der Waals surface area contributed by atoms with E-state index >= 15 is 0 Å². The van der Waals surface area contributed by atoms with Gasteiger partial charge in [-0.05, 0) is 30.4 Å². The van der Waals surface area contributed by atoms with Gasteiger partial charge in [0.15, 0.2) is 0 Å². The first-order valence-corrected chi connectivity index (χ1v) is 6.68. The van der Waals surface area contributed by atoms with E-state index in [1.807, 2.05) is 24.3 Å². The van der Waals surface area contributed by atoms with Crippen molar-refractivity contribution in [3.63, 3.8) is 0 Å². The van der Waals surface area contributed by atoms with Gasteiger partial charge in [-0.3, -0.25) is 4.79 Å². The normalized spacial score (nSPS) is 16.2. The summed E-state index contributed by atoms with van der Waals surface area (Å²) in [5.41, 5.74) is 0.706. The molecule has 19 heavy (non-hydrogen) atoms. The fourth-order valence-corrected chi connectivity index (χ4v) is 2.74. The third kappa shape index (κ3) is 2.13. The van der Waals surface area contributed by atoms with E-state index in [2.05, 4.69) is 6.07 Å². The summed E-state index contributed by atoms with van der Waals surface area (Å²) in [4.78, 5) is 12.2. The van der Waals surface area contributed by atoms with Gasteiger partial charge in [-0.25, -0.2) is 0 Å². The maximum absolute atomic E-state index is 12.2. The number of fused-ring (bicyclic) bond motifs is 1. The fraction of sp³-hybridized carbons (Fsp3) is 0.333. The number of para-hydroxylation sites is 1. The molecule has 0 N–H and O–H groups in total. The van der Waals surface area contributed by atoms with E-state index in [4.69, 9.17) is 16.9 Å². The average Bonchev–Trinajstić information content (AvgIpc) is 3.15. The van der Waals surface area contributed by atoms with Gasteiger partial charge in [-0.15, -0.1) is 0 Å². The zero-order valence-corrected chi connectivity index (χ0v) is 11.2. The van der Waals surface area contributed by atoms with Crippen molar-refractivity contribution in [1.29, 1.82) is 5.26 Å². The van der Waals surface area contributed by atoms with Gasteiger partial charge >= 0.3 is 0 Å². The van der Waals surface area contributed by atoms with Gasteiger partial charge in [0.1, 0.15) is 5.02 Å². The summed E-state index contributed by atoms with van der Waals surface area (Å²) >= 11 is 6.02. The Morgan fingerprint density at radius 2 is 2.11 bits per heavy atom. The highest BCUT2D eigenvalue weighted by atomic mass is 35.5. The van der Waals surface area contributed by atoms with Gasteiger partial charge in [0.05, 0.1) is 11.6 Å². The minimum Gasteiger partial charge on any atom is -0.306 e. The quantitative estimate of drug-likeness (QED) is 0.860. The molecule has 1 fully saturated rings. The summed E-state index contributed by atoms with van der Waals surface area (Å²) in [6, 6.07) is 11.6. The zero-order chi connectivity index (χ0) is 13.5. The lowest BCUT2D eigenvalue weighted by molar-refractivity contribution is 0.432. The van der Waals surface area contributed by atoms with Crippen molar-refractivity contribution in [3.8, 4) is 6.07 Å². The molecule has 2 aromatic rings. The highest BCUT2D eigenvalue weighted by molar-refractivity contribution is 6.31. The number of rotatable bonds is 3. The largest absolute Gasteiger partial charge is 0.306 e. The van der Waals surface area contributed by atoms with Gasteiger partial charge in [0.25, 0.3) is 5.56 Å². The predicted molar refractivity (Wildman–Crippen MR) is 75.1 cm³/mol. The molecule has 3 rings (SSSR count). The maximum atomic E-state index is 12.2. The average molecular weight is 273 g/mol. The van der Waals surface area contributed by atoms with Crippen LogP contribution in [0.1, 0.15) is 19.3 Å². The third-order valence-corrected chi connectivity index (χ3v) is 4.13. The first kappa shape index (κ1) is 12.3. The van der Waals surface area contributed by atoms with Crippen LogP contribution < -0.4 is 5.56 Å². The summed E-state index contributed by atoms with van der Waals surface area (Å²) in [6.45, 7) is 0.584. The standard InChI is InChI=1S/C15H13ClN2O/c16-12-9-11-3-1-2-4-13(11)18(14(12)19)10-15(5-6-15)7-8-17/h1-4,9H,5-7,10H2. The van der Waals surface area contributed by atoms with Crippen molar-refractivity contribution in [2.45, 2.75) is 25.8 Å². The molecule has 1 aliphatic rings. The molecule has 1 aliphatic carbocycles. The van der Waals surface area contributed by atoms with Crippen LogP contribution in [0.2, 0.25) is 5.02 Å². The highest BCUT2D eigenvalue weighted by Gasteiger charge is 2.43. The van der Waals surface area contributed by atoms with Crippen LogP contribution in [0.3, 0.4) is 0 Å². The molecule has 0 atom stereocenters. The Labute approximate surface area is 116 Å². The lowest BCUT2D eigenvalue weighted by Gasteiger charge is -2.16. The molecule has 1 aromatic heterocycles. The smallest absolute Gasteiger partial charge is 0.269 e. The number of hydrogen-bond acceptors (Lipinski definition) is 2. The van der Waals surface area contributed by atoms with Gasteiger partial charge in [0, 0.05) is 18.4 Å². The Morgan fingerprint density at radius 1 is 1.37 bits per heavy atom. The summed E-state index contributed by atoms with van der Waals surface area (Å²) < 4.78 is 1.72. The van der Waals surface area contributed by atoms with Crippen molar-refractivity contribution in [2.75, 3.05) is 0 Å². The minimum absolute atomic E-state index is 0.0218. The lowest BCUT2D eigenvalue weighted by atomic mass is 10.0. The SMILES string of the molecule is N#CCC1(Cn2c(=O)c(Cl)cc3ccccc32)CC1. The molecule has 0 amide bonds. The Morgan fingerprint density at radius 3 is 2.79 bits per heavy atom. The number of aromatic nitrogens is 1. The van der Waals surface area contributed by atoms with Crippen LogP contribution in [0.25, 0.3) is 10.9 Å². The number of hydrogen-bond donors (Lipinski definition) is 0. The molecule has 3 nitrogen and oxygen atoms in total. The minimum atomic E-state index is -0.162. The summed E-state index contributed by atoms with van der Waals surface area (Å²) in [6.07, 6.45) is 2.52. The molecular formula is C15H13ClN2O. The topological polar surface area (TPSA) is 45.8 Å². The van der Waals surface area contributed by atoms with Gasteiger partial charge in [-0.2, -0.15) is 5.26 Å². The molecule has 0 bridgehead atoms. The third-order valence-electron chi connectivity index (χ3n) is 3.86. The molecule has 0 unspecified atom stereocenters. The van der Waals surface area contributed by atoms with E-state index < -0.39 is 0 Å². The molecule has 0 aliphatic heterocycles. The first-order valence-electron chi connectivity index (χ1n) is 6.30. The number of pyridine rings is 1. The molecule has 96 valence electrons. The van der Waals surface area contributed by atoms with Gasteiger partial charge in [-0.1, -0.05) is 29.8 Å². The van der Waals surface area contributed by atoms with Crippen LogP contribution in [0, 0.1) is 16.7 Å². The van der Waals surface area contributed by atoms with E-state index in [1.54, 1.807) is 10.6 Å². The number of halogens is 1. The second kappa shape index (κ2) is 4.40. The molecule has 1 saturated carbocycles. The second-order valence-electron chi connectivity index (χ2n) is 5.28. The maximum Gasteiger partial charge on any atom is 0.269 e. The van der Waals surface area contributed by atoms with Crippen LogP contribution in [0.5, 0.6) is 0 Å². The molecule has 1 aromatic carbocycles. The lowest BCUT2D eigenvalue weighted by Crippen LogP contribution is -2.25. The number of benzene rings is 1. The van der Waals surface area contributed by atoms with Gasteiger partial charge in [0.2, 0.25) is 0 Å². The monoisotopic (exact) mass is 272 g/mol. The number of nitrogens with zero attached hydrogens (tertiary/aromatic N) is 2. The van der Waals surface area contributed by atoms with Gasteiger partial charge < -0.3 is 4.57 Å². The fourth-order valence-electron chi connectivity index (χ4n) is 2.52. The molecule has 1 heterocycles. The Hall–Kier alpha value is -1.79. The molecule has 0 spiro atoms. The Balaban J connectivity index is 2.15. The van der Waals surface area contributed by atoms with Crippen LogP contribution in [-0.4, -0.2) is 4.57 Å². The van der Waals surface area contributed by atoms with Crippen molar-refractivity contribution in [1.82, 2.24) is 4.57 Å². The van der Waals surface area contributed by atoms with Crippen LogP contribution in [-0.2, 0) is 6.54 Å². The molecule has 0 saturated heterocycles. The van der Waals surface area contributed by atoms with Crippen molar-refractivity contribution < 1.29 is 0 Å². The predicted octanol–water partition coefficient (Wildman–Crippen LogP) is 3.35. The van der Waals surface area contributed by atoms with E-state index in [1.165, 1.54) is 0 Å². The van der Waals surface area contributed by atoms with E-state index in [-0.39, 0.29) is 16.0 Å². The molecule has 4 heteroatoms. The van der Waals surface area contributed by atoms with E-state index in [0.29, 0.717) is 13.0 Å². The Bertz CT molecular complexity index is 738. The van der Waals surface area contributed by atoms with E-state index in [0.717, 1.165) is 23.7 Å². The number of nitriles is 1. The second-order valence-corrected chi connectivity index (χ2v) is 5.68. The molecular weight excluding hydrogens is 260 g/mol. The van der Waals surface area contributed by atoms with Crippen molar-refractivity contribution in [2.24, 2.45) is 5.41 Å². The first-order chi connectivity index (χ1) is 9.15. The van der Waals surface area contributed by atoms with E-state index in [9.17, 15) is 4.79 Å². The Kier molecular flexibility index (Phi) is 2.83. The molecule has 0 radical (unpaired) electrons. The van der Waals surface area contributed by atoms with Crippen LogP contribution in [0.4, 0.5) is 0 Å². The highest BCUT2D eigenvalue weighted by Crippen LogP contribution is 2.50. The van der Waals surface area contributed by atoms with Crippen LogP contribution in [0.15, 0.2) is 35.1 Å². The van der Waals surface area contributed by atoms with Crippen LogP contribution >= 0.6 is 11.6 Å². The van der Waals surface area contributed by atoms with Crippen molar-refractivity contribution in [3.05, 3.63) is 45.7 Å². The summed E-state index contributed by atoms with van der Waals surface area (Å²) in [5, 5.41) is 10.1. The van der Waals surface area contributed by atoms with Crippen molar-refractivity contribution >= 4 is 22.5 Å². The summed E-state index contributed by atoms with van der Waals surface area (Å²) in [7, 11) is 0. The summed E-state index contributed by atoms with van der Waals surface area (Å²) in [5.74, 6) is 0.